The van der Waals surface area contributed by atoms with Crippen LogP contribution in [-0.4, -0.2) is 34.6 Å². The van der Waals surface area contributed by atoms with Gasteiger partial charge in [-0.3, -0.25) is 0 Å². The molecule has 0 aliphatic heterocycles. The summed E-state index contributed by atoms with van der Waals surface area (Å²) in [5.74, 6) is -0.733. The normalized spacial score (nSPS) is 11.5. The van der Waals surface area contributed by atoms with Gasteiger partial charge < -0.3 is 20.5 Å². The zero-order valence-corrected chi connectivity index (χ0v) is 12.9. The summed E-state index contributed by atoms with van der Waals surface area (Å²) in [6.45, 7) is 4.31. The quantitative estimate of drug-likeness (QED) is 0.566. The van der Waals surface area contributed by atoms with Crippen LogP contribution in [0.5, 0.6) is 0 Å². The number of hydrogen-bond donors (Lipinski definition) is 3. The Bertz CT molecular complexity index is 744. The highest BCUT2D eigenvalue weighted by Gasteiger charge is 2.18. The number of nitrogens with one attached hydrogen (secondary N) is 2. The molecule has 0 saturated heterocycles. The highest BCUT2D eigenvalue weighted by molar-refractivity contribution is 6.29. The largest absolute Gasteiger partial charge is 0.477 e. The fourth-order valence-electron chi connectivity index (χ4n) is 2.51. The summed E-state index contributed by atoms with van der Waals surface area (Å²) in [6, 6.07) is 7.49. The van der Waals surface area contributed by atoms with Gasteiger partial charge in [0.05, 0.1) is 24.0 Å². The van der Waals surface area contributed by atoms with Gasteiger partial charge in [0.25, 0.3) is 0 Å². The Kier molecular flexibility index (Phi) is 4.60. The Labute approximate surface area is 129 Å². The van der Waals surface area contributed by atoms with Gasteiger partial charge in [-0.1, -0.05) is 32.0 Å². The van der Waals surface area contributed by atoms with Gasteiger partial charge in [0.2, 0.25) is 0 Å². The van der Waals surface area contributed by atoms with E-state index in [9.17, 15) is 9.90 Å². The van der Waals surface area contributed by atoms with Crippen molar-refractivity contribution in [2.24, 2.45) is 5.10 Å². The van der Waals surface area contributed by atoms with Gasteiger partial charge in [0, 0.05) is 12.4 Å². The Morgan fingerprint density at radius 3 is 2.82 bits per heavy atom. The molecule has 22 heavy (non-hydrogen) atoms. The molecule has 1 aromatic carbocycles. The highest BCUT2D eigenvalue weighted by atomic mass is 16.4. The number of carbonyl (C=O) groups is 1. The van der Waals surface area contributed by atoms with Crippen LogP contribution in [0, 0.1) is 5.41 Å². The predicted molar refractivity (Wildman–Crippen MR) is 88.3 cm³/mol. The van der Waals surface area contributed by atoms with E-state index in [2.05, 4.69) is 24.4 Å². The first kappa shape index (κ1) is 15.8. The molecule has 6 heteroatoms. The van der Waals surface area contributed by atoms with Crippen molar-refractivity contribution in [2.75, 3.05) is 7.05 Å². The molecule has 0 amide bonds. The van der Waals surface area contributed by atoms with E-state index < -0.39 is 5.97 Å². The molecule has 116 valence electrons. The summed E-state index contributed by atoms with van der Waals surface area (Å²) in [5, 5.41) is 22.1. The van der Waals surface area contributed by atoms with Crippen molar-refractivity contribution >= 4 is 28.8 Å². The summed E-state index contributed by atoms with van der Waals surface area (Å²) in [6.07, 6.45) is 1.38. The van der Waals surface area contributed by atoms with Gasteiger partial charge in [-0.15, -0.1) is 0 Å². The molecule has 0 unspecified atom stereocenters. The molecule has 2 rings (SSSR count). The second-order valence-corrected chi connectivity index (χ2v) is 5.37. The number of para-hydroxylation sites is 1. The molecule has 6 nitrogen and oxygen atoms in total. The smallest absolute Gasteiger partial charge is 0.352 e. The van der Waals surface area contributed by atoms with Crippen molar-refractivity contribution in [1.82, 2.24) is 9.99 Å². The topological polar surface area (TPSA) is 90.5 Å². The van der Waals surface area contributed by atoms with Crippen molar-refractivity contribution < 1.29 is 9.90 Å². The number of aromatic nitrogens is 1. The minimum Gasteiger partial charge on any atom is -0.477 e. The van der Waals surface area contributed by atoms with E-state index in [-0.39, 0.29) is 23.9 Å². The maximum atomic E-state index is 11.5. The maximum absolute atomic E-state index is 11.5. The zero-order valence-electron chi connectivity index (χ0n) is 12.9. The maximum Gasteiger partial charge on any atom is 0.352 e. The lowest BCUT2D eigenvalue weighted by Gasteiger charge is -2.13. The van der Waals surface area contributed by atoms with E-state index in [0.717, 1.165) is 16.5 Å². The second-order valence-electron chi connectivity index (χ2n) is 5.37. The van der Waals surface area contributed by atoms with E-state index in [1.165, 1.54) is 6.21 Å². The van der Waals surface area contributed by atoms with Crippen molar-refractivity contribution in [1.29, 1.82) is 5.41 Å². The van der Waals surface area contributed by atoms with Crippen LogP contribution < -0.4 is 5.43 Å². The Morgan fingerprint density at radius 1 is 1.50 bits per heavy atom. The third-order valence-electron chi connectivity index (χ3n) is 3.47. The lowest BCUT2D eigenvalue weighted by atomic mass is 10.0. The SMILES string of the molecule is CN/N=C\C(=N)Cn1c(C(=O)O)cc2cccc(C(C)C)c21. The minimum atomic E-state index is -0.996. The van der Waals surface area contributed by atoms with Crippen LogP contribution in [-0.2, 0) is 6.54 Å². The molecule has 0 fully saturated rings. The number of hydrogen-bond acceptors (Lipinski definition) is 4. The van der Waals surface area contributed by atoms with Gasteiger partial charge in [-0.2, -0.15) is 5.10 Å². The molecule has 2 aromatic rings. The first-order valence-corrected chi connectivity index (χ1v) is 7.08. The molecule has 0 aliphatic rings. The number of hydrazone groups is 1. The average Bonchev–Trinajstić information content (AvgIpc) is 2.84. The summed E-state index contributed by atoms with van der Waals surface area (Å²) in [4.78, 5) is 11.5. The molecule has 0 aliphatic carbocycles. The van der Waals surface area contributed by atoms with Gasteiger partial charge in [-0.25, -0.2) is 4.79 Å². The minimum absolute atomic E-state index is 0.167. The number of carboxylic acid groups (broad SMARTS) is 1. The van der Waals surface area contributed by atoms with E-state index in [0.29, 0.717) is 0 Å². The summed E-state index contributed by atoms with van der Waals surface area (Å²) < 4.78 is 1.68. The lowest BCUT2D eigenvalue weighted by Crippen LogP contribution is -2.17. The number of nitrogens with zero attached hydrogens (tertiary/aromatic N) is 2. The average molecular weight is 300 g/mol. The zero-order chi connectivity index (χ0) is 16.3. The van der Waals surface area contributed by atoms with Gasteiger partial charge >= 0.3 is 5.97 Å². The van der Waals surface area contributed by atoms with Crippen molar-refractivity contribution in [3.63, 3.8) is 0 Å². The number of carboxylic acids is 1. The molecule has 0 saturated carbocycles. The molecule has 3 N–H and O–H groups in total. The number of aromatic carboxylic acids is 1. The van der Waals surface area contributed by atoms with E-state index >= 15 is 0 Å². The molecule has 0 bridgehead atoms. The van der Waals surface area contributed by atoms with E-state index in [4.69, 9.17) is 5.41 Å². The Hall–Kier alpha value is -2.63. The van der Waals surface area contributed by atoms with Crippen LogP contribution in [0.25, 0.3) is 10.9 Å². The third kappa shape index (κ3) is 3.00. The first-order valence-electron chi connectivity index (χ1n) is 7.08. The first-order chi connectivity index (χ1) is 10.5. The number of benzene rings is 1. The number of rotatable bonds is 6. The van der Waals surface area contributed by atoms with Crippen LogP contribution >= 0.6 is 0 Å². The van der Waals surface area contributed by atoms with Gasteiger partial charge in [-0.05, 0) is 17.5 Å². The Balaban J connectivity index is 2.62. The summed E-state index contributed by atoms with van der Waals surface area (Å²) >= 11 is 0. The van der Waals surface area contributed by atoms with Gasteiger partial charge in [0.1, 0.15) is 5.69 Å². The highest BCUT2D eigenvalue weighted by Crippen LogP contribution is 2.28. The van der Waals surface area contributed by atoms with E-state index in [1.54, 1.807) is 17.7 Å². The lowest BCUT2D eigenvalue weighted by molar-refractivity contribution is 0.0686. The summed E-state index contributed by atoms with van der Waals surface area (Å²) in [5.41, 5.74) is 4.95. The van der Waals surface area contributed by atoms with E-state index in [1.807, 2.05) is 18.2 Å². The second kappa shape index (κ2) is 6.43. The fourth-order valence-corrected chi connectivity index (χ4v) is 2.51. The van der Waals surface area contributed by atoms with Crippen LogP contribution in [0.15, 0.2) is 29.4 Å². The predicted octanol–water partition coefficient (Wildman–Crippen LogP) is 2.69. The molecule has 1 heterocycles. The van der Waals surface area contributed by atoms with Crippen LogP contribution in [0.1, 0.15) is 35.8 Å². The van der Waals surface area contributed by atoms with Crippen molar-refractivity contribution in [3.8, 4) is 0 Å². The molecule has 0 radical (unpaired) electrons. The standard InChI is InChI=1S/C16H20N4O2/c1-10(2)13-6-4-5-11-7-14(16(21)22)20(15(11)13)9-12(17)8-19-18-3/h4-8,10,17-18H,9H2,1-3H3,(H,21,22)/b17-12?,19-8-. The Morgan fingerprint density at radius 2 is 2.23 bits per heavy atom. The summed E-state index contributed by atoms with van der Waals surface area (Å²) in [7, 11) is 1.65. The van der Waals surface area contributed by atoms with Crippen LogP contribution in [0.2, 0.25) is 0 Å². The third-order valence-corrected chi connectivity index (χ3v) is 3.47. The van der Waals surface area contributed by atoms with Crippen LogP contribution in [0.4, 0.5) is 0 Å². The van der Waals surface area contributed by atoms with Crippen LogP contribution in [0.3, 0.4) is 0 Å². The molecular weight excluding hydrogens is 280 g/mol. The fraction of sp³-hybridized carbons (Fsp3) is 0.312. The van der Waals surface area contributed by atoms with Gasteiger partial charge in [0.15, 0.2) is 0 Å². The van der Waals surface area contributed by atoms with Crippen molar-refractivity contribution in [3.05, 3.63) is 35.5 Å². The number of fused-ring (bicyclic) bond motifs is 1. The monoisotopic (exact) mass is 300 g/mol. The van der Waals surface area contributed by atoms with Crippen molar-refractivity contribution in [2.45, 2.75) is 26.3 Å². The molecule has 0 atom stereocenters. The molecule has 0 spiro atoms. The molecular formula is C16H20N4O2. The molecule has 1 aromatic heterocycles.